The van der Waals surface area contributed by atoms with E-state index in [1.807, 2.05) is 37.3 Å². The van der Waals surface area contributed by atoms with Crippen LogP contribution in [0.25, 0.3) is 0 Å². The van der Waals surface area contributed by atoms with E-state index in [1.54, 1.807) is 0 Å². The summed E-state index contributed by atoms with van der Waals surface area (Å²) in [6, 6.07) is 16.3. The Morgan fingerprint density at radius 3 is 2.72 bits per heavy atom. The van der Waals surface area contributed by atoms with Crippen molar-refractivity contribution in [1.29, 1.82) is 5.26 Å². The highest BCUT2D eigenvalue weighted by Crippen LogP contribution is 2.22. The van der Waals surface area contributed by atoms with E-state index in [0.717, 1.165) is 23.4 Å². The van der Waals surface area contributed by atoms with Crippen LogP contribution in [-0.4, -0.2) is 0 Å². The van der Waals surface area contributed by atoms with Crippen LogP contribution in [0, 0.1) is 18.3 Å². The van der Waals surface area contributed by atoms with Crippen LogP contribution in [0.5, 0.6) is 0 Å². The number of rotatable bonds is 3. The molecule has 0 atom stereocenters. The van der Waals surface area contributed by atoms with Crippen LogP contribution in [0.3, 0.4) is 0 Å². The Kier molecular flexibility index (Phi) is 3.64. The van der Waals surface area contributed by atoms with Crippen molar-refractivity contribution < 1.29 is 0 Å². The van der Waals surface area contributed by atoms with Gasteiger partial charge in [0, 0.05) is 5.69 Å². The monoisotopic (exact) mass is 236 g/mol. The smallest absolute Gasteiger partial charge is 0.101 e. The SMILES string of the molecule is CCc1cccc(Nc2cc(C)ccc2C#N)c1. The third-order valence-electron chi connectivity index (χ3n) is 2.91. The Balaban J connectivity index is 2.33. The van der Waals surface area contributed by atoms with Gasteiger partial charge in [-0.05, 0) is 48.7 Å². The molecule has 0 unspecified atom stereocenters. The first kappa shape index (κ1) is 12.2. The van der Waals surface area contributed by atoms with Crippen molar-refractivity contribution in [2.75, 3.05) is 5.32 Å². The van der Waals surface area contributed by atoms with E-state index in [9.17, 15) is 0 Å². The molecule has 0 aliphatic rings. The maximum atomic E-state index is 9.10. The van der Waals surface area contributed by atoms with Gasteiger partial charge in [0.25, 0.3) is 0 Å². The van der Waals surface area contributed by atoms with Gasteiger partial charge in [0.1, 0.15) is 6.07 Å². The lowest BCUT2D eigenvalue weighted by atomic mass is 10.1. The largest absolute Gasteiger partial charge is 0.354 e. The number of nitrogens with zero attached hydrogens (tertiary/aromatic N) is 1. The zero-order chi connectivity index (χ0) is 13.0. The zero-order valence-corrected chi connectivity index (χ0v) is 10.7. The lowest BCUT2D eigenvalue weighted by Gasteiger charge is -2.10. The number of hydrogen-bond donors (Lipinski definition) is 1. The second-order valence-corrected chi connectivity index (χ2v) is 4.34. The van der Waals surface area contributed by atoms with E-state index in [1.165, 1.54) is 5.56 Å². The van der Waals surface area contributed by atoms with Crippen molar-refractivity contribution in [2.45, 2.75) is 20.3 Å². The first-order valence-corrected chi connectivity index (χ1v) is 6.09. The van der Waals surface area contributed by atoms with E-state index in [-0.39, 0.29) is 0 Å². The van der Waals surface area contributed by atoms with E-state index in [0.29, 0.717) is 5.56 Å². The number of aryl methyl sites for hydroxylation is 2. The maximum Gasteiger partial charge on any atom is 0.101 e. The van der Waals surface area contributed by atoms with Crippen LogP contribution in [0.2, 0.25) is 0 Å². The van der Waals surface area contributed by atoms with Crippen LogP contribution in [0.4, 0.5) is 11.4 Å². The summed E-state index contributed by atoms with van der Waals surface area (Å²) in [5.74, 6) is 0. The third kappa shape index (κ3) is 2.70. The van der Waals surface area contributed by atoms with Crippen LogP contribution in [0.15, 0.2) is 42.5 Å². The van der Waals surface area contributed by atoms with Crippen LogP contribution in [0.1, 0.15) is 23.6 Å². The number of nitriles is 1. The maximum absolute atomic E-state index is 9.10. The van der Waals surface area contributed by atoms with Crippen molar-refractivity contribution >= 4 is 11.4 Å². The highest BCUT2D eigenvalue weighted by atomic mass is 14.9. The molecule has 0 amide bonds. The normalized spacial score (nSPS) is 9.83. The quantitative estimate of drug-likeness (QED) is 0.868. The lowest BCUT2D eigenvalue weighted by Crippen LogP contribution is -1.95. The summed E-state index contributed by atoms with van der Waals surface area (Å²) in [5.41, 5.74) is 4.99. The second-order valence-electron chi connectivity index (χ2n) is 4.34. The van der Waals surface area contributed by atoms with E-state index < -0.39 is 0 Å². The van der Waals surface area contributed by atoms with Crippen molar-refractivity contribution in [3.05, 3.63) is 59.2 Å². The van der Waals surface area contributed by atoms with Gasteiger partial charge in [-0.2, -0.15) is 5.26 Å². The predicted molar refractivity (Wildman–Crippen MR) is 75.0 cm³/mol. The fraction of sp³-hybridized carbons (Fsp3) is 0.188. The fourth-order valence-electron chi connectivity index (χ4n) is 1.88. The lowest BCUT2D eigenvalue weighted by molar-refractivity contribution is 1.14. The molecule has 1 N–H and O–H groups in total. The molecule has 0 fully saturated rings. The number of nitrogens with one attached hydrogen (secondary N) is 1. The van der Waals surface area contributed by atoms with Gasteiger partial charge in [-0.3, -0.25) is 0 Å². The average molecular weight is 236 g/mol. The van der Waals surface area contributed by atoms with E-state index >= 15 is 0 Å². The van der Waals surface area contributed by atoms with Crippen molar-refractivity contribution in [3.8, 4) is 6.07 Å². The Morgan fingerprint density at radius 2 is 2.00 bits per heavy atom. The standard InChI is InChI=1S/C16H16N2/c1-3-13-5-4-6-15(10-13)18-16-9-12(2)7-8-14(16)11-17/h4-10,18H,3H2,1-2H3. The molecule has 0 bridgehead atoms. The molecule has 0 saturated carbocycles. The molecule has 2 nitrogen and oxygen atoms in total. The number of benzene rings is 2. The van der Waals surface area contributed by atoms with E-state index in [2.05, 4.69) is 30.4 Å². The molecule has 0 aromatic heterocycles. The van der Waals surface area contributed by atoms with Gasteiger partial charge >= 0.3 is 0 Å². The van der Waals surface area contributed by atoms with Crippen molar-refractivity contribution in [3.63, 3.8) is 0 Å². The summed E-state index contributed by atoms with van der Waals surface area (Å²) in [6.07, 6.45) is 1.01. The van der Waals surface area contributed by atoms with Crippen LogP contribution >= 0.6 is 0 Å². The summed E-state index contributed by atoms with van der Waals surface area (Å²) in [6.45, 7) is 4.15. The summed E-state index contributed by atoms with van der Waals surface area (Å²) in [4.78, 5) is 0. The van der Waals surface area contributed by atoms with E-state index in [4.69, 9.17) is 5.26 Å². The minimum absolute atomic E-state index is 0.669. The van der Waals surface area contributed by atoms with Gasteiger partial charge < -0.3 is 5.32 Å². The Hall–Kier alpha value is -2.27. The fourth-order valence-corrected chi connectivity index (χ4v) is 1.88. The van der Waals surface area contributed by atoms with Gasteiger partial charge in [0.15, 0.2) is 0 Å². The predicted octanol–water partition coefficient (Wildman–Crippen LogP) is 4.17. The first-order chi connectivity index (χ1) is 8.72. The summed E-state index contributed by atoms with van der Waals surface area (Å²) >= 11 is 0. The minimum Gasteiger partial charge on any atom is -0.354 e. The summed E-state index contributed by atoms with van der Waals surface area (Å²) < 4.78 is 0. The van der Waals surface area contributed by atoms with Crippen LogP contribution in [-0.2, 0) is 6.42 Å². The highest BCUT2D eigenvalue weighted by molar-refractivity contribution is 5.67. The molecule has 2 rings (SSSR count). The Bertz CT molecular complexity index is 594. The van der Waals surface area contributed by atoms with Gasteiger partial charge in [-0.25, -0.2) is 0 Å². The number of hydrogen-bond acceptors (Lipinski definition) is 2. The highest BCUT2D eigenvalue weighted by Gasteiger charge is 2.03. The third-order valence-corrected chi connectivity index (χ3v) is 2.91. The van der Waals surface area contributed by atoms with Gasteiger partial charge in [0.2, 0.25) is 0 Å². The second kappa shape index (κ2) is 5.37. The van der Waals surface area contributed by atoms with Gasteiger partial charge in [-0.15, -0.1) is 0 Å². The molecule has 2 aromatic carbocycles. The molecular weight excluding hydrogens is 220 g/mol. The molecule has 0 saturated heterocycles. The summed E-state index contributed by atoms with van der Waals surface area (Å²) in [7, 11) is 0. The molecule has 0 aliphatic heterocycles. The molecule has 0 radical (unpaired) electrons. The molecule has 0 heterocycles. The van der Waals surface area contributed by atoms with Crippen molar-refractivity contribution in [2.24, 2.45) is 0 Å². The molecule has 0 aliphatic carbocycles. The molecule has 2 aromatic rings. The van der Waals surface area contributed by atoms with Gasteiger partial charge in [-0.1, -0.05) is 25.1 Å². The Labute approximate surface area is 108 Å². The van der Waals surface area contributed by atoms with Gasteiger partial charge in [0.05, 0.1) is 11.3 Å². The zero-order valence-electron chi connectivity index (χ0n) is 10.7. The number of anilines is 2. The van der Waals surface area contributed by atoms with Crippen LogP contribution < -0.4 is 5.32 Å². The Morgan fingerprint density at radius 1 is 1.17 bits per heavy atom. The average Bonchev–Trinajstić information content (AvgIpc) is 2.39. The topological polar surface area (TPSA) is 35.8 Å². The molecule has 0 spiro atoms. The molecule has 2 heteroatoms. The van der Waals surface area contributed by atoms with Crippen molar-refractivity contribution in [1.82, 2.24) is 0 Å². The molecule has 90 valence electrons. The minimum atomic E-state index is 0.669. The molecular formula is C16H16N2. The molecule has 18 heavy (non-hydrogen) atoms. The summed E-state index contributed by atoms with van der Waals surface area (Å²) in [5, 5.41) is 12.4. The first-order valence-electron chi connectivity index (χ1n) is 6.09.